The summed E-state index contributed by atoms with van der Waals surface area (Å²) in [6, 6.07) is 30.2. The summed E-state index contributed by atoms with van der Waals surface area (Å²) >= 11 is 0. The van der Waals surface area contributed by atoms with Crippen LogP contribution in [0.2, 0.25) is 0 Å². The van der Waals surface area contributed by atoms with Crippen LogP contribution in [0.5, 0.6) is 5.75 Å². The molecule has 0 spiro atoms. The van der Waals surface area contributed by atoms with Crippen LogP contribution < -0.4 is 4.74 Å². The zero-order valence-electron chi connectivity index (χ0n) is 23.5. The molecule has 0 radical (unpaired) electrons. The SMILES string of the molecule is Cc1nccc2c3ccc(OCCCCn4c5ccccc5c5ccncc54)cc3n(CCCc3ccccc3)c12. The molecule has 4 heterocycles. The van der Waals surface area contributed by atoms with Crippen LogP contribution in [0.3, 0.4) is 0 Å². The molecule has 0 aliphatic heterocycles. The van der Waals surface area contributed by atoms with E-state index < -0.39 is 0 Å². The number of rotatable bonds is 10. The maximum Gasteiger partial charge on any atom is 0.121 e. The highest BCUT2D eigenvalue weighted by molar-refractivity contribution is 6.09. The van der Waals surface area contributed by atoms with Gasteiger partial charge in [0.1, 0.15) is 5.75 Å². The maximum atomic E-state index is 6.31. The molecule has 7 aromatic rings. The standard InChI is InChI=1S/C36H34N4O/c1-26-36-32(18-20-38-26)30-16-15-28(24-34(30)40(36)22-9-12-27-10-3-2-4-11-27)41-23-8-7-21-39-33-14-6-5-13-29(33)31-17-19-37-25-35(31)39/h2-6,10-11,13-20,24-25H,7-9,12,21-23H2,1H3. The summed E-state index contributed by atoms with van der Waals surface area (Å²) < 4.78 is 11.2. The molecule has 204 valence electrons. The quantitative estimate of drug-likeness (QED) is 0.164. The maximum absolute atomic E-state index is 6.31. The molecule has 0 atom stereocenters. The fourth-order valence-corrected chi connectivity index (χ4v) is 6.31. The molecule has 0 saturated heterocycles. The van der Waals surface area contributed by atoms with Crippen LogP contribution in [0.4, 0.5) is 0 Å². The third-order valence-electron chi connectivity index (χ3n) is 8.24. The summed E-state index contributed by atoms with van der Waals surface area (Å²) in [6.07, 6.45) is 9.93. The van der Waals surface area contributed by atoms with Crippen LogP contribution in [0.15, 0.2) is 104 Å². The van der Waals surface area contributed by atoms with Crippen LogP contribution in [-0.4, -0.2) is 25.7 Å². The van der Waals surface area contributed by atoms with Crippen molar-refractivity contribution in [2.75, 3.05) is 6.61 Å². The van der Waals surface area contributed by atoms with Gasteiger partial charge in [-0.25, -0.2) is 0 Å². The van der Waals surface area contributed by atoms with Gasteiger partial charge in [-0.1, -0.05) is 48.5 Å². The molecule has 4 aromatic heterocycles. The Kier molecular flexibility index (Phi) is 6.85. The Balaban J connectivity index is 1.06. The van der Waals surface area contributed by atoms with Gasteiger partial charge in [-0.3, -0.25) is 9.97 Å². The highest BCUT2D eigenvalue weighted by Gasteiger charge is 2.14. The van der Waals surface area contributed by atoms with E-state index in [1.54, 1.807) is 0 Å². The van der Waals surface area contributed by atoms with Crippen molar-refractivity contribution >= 4 is 43.6 Å². The molecular formula is C36H34N4O. The Morgan fingerprint density at radius 2 is 1.44 bits per heavy atom. The number of nitrogens with zero attached hydrogens (tertiary/aromatic N) is 4. The van der Waals surface area contributed by atoms with Crippen molar-refractivity contribution in [3.05, 3.63) is 115 Å². The first kappa shape index (κ1) is 25.3. The number of unbranched alkanes of at least 4 members (excludes halogenated alkanes) is 1. The van der Waals surface area contributed by atoms with E-state index >= 15 is 0 Å². The fraction of sp³-hybridized carbons (Fsp3) is 0.222. The predicted molar refractivity (Wildman–Crippen MR) is 169 cm³/mol. The Morgan fingerprint density at radius 3 is 2.37 bits per heavy atom. The van der Waals surface area contributed by atoms with Crippen molar-refractivity contribution in [1.82, 2.24) is 19.1 Å². The van der Waals surface area contributed by atoms with E-state index in [0.29, 0.717) is 6.61 Å². The first-order chi connectivity index (χ1) is 20.3. The molecular weight excluding hydrogens is 504 g/mol. The van der Waals surface area contributed by atoms with E-state index in [4.69, 9.17) is 4.74 Å². The third kappa shape index (κ3) is 4.82. The average Bonchev–Trinajstić information content (AvgIpc) is 3.51. The summed E-state index contributed by atoms with van der Waals surface area (Å²) in [5.74, 6) is 0.927. The second-order valence-corrected chi connectivity index (χ2v) is 10.8. The Bertz CT molecular complexity index is 1920. The number of benzene rings is 3. The first-order valence-electron chi connectivity index (χ1n) is 14.6. The molecule has 0 amide bonds. The highest BCUT2D eigenvalue weighted by atomic mass is 16.5. The van der Waals surface area contributed by atoms with Crippen molar-refractivity contribution in [3.63, 3.8) is 0 Å². The molecule has 3 aromatic carbocycles. The lowest BCUT2D eigenvalue weighted by Gasteiger charge is -2.11. The molecule has 0 bridgehead atoms. The van der Waals surface area contributed by atoms with Gasteiger partial charge in [0, 0.05) is 58.6 Å². The molecule has 5 heteroatoms. The van der Waals surface area contributed by atoms with Crippen LogP contribution >= 0.6 is 0 Å². The van der Waals surface area contributed by atoms with Crippen molar-refractivity contribution in [2.24, 2.45) is 0 Å². The minimum atomic E-state index is 0.690. The van der Waals surface area contributed by atoms with Gasteiger partial charge >= 0.3 is 0 Å². The molecule has 0 aliphatic rings. The number of fused-ring (bicyclic) bond motifs is 6. The number of ether oxygens (including phenoxy) is 1. The van der Waals surface area contributed by atoms with E-state index in [0.717, 1.165) is 50.2 Å². The van der Waals surface area contributed by atoms with Crippen molar-refractivity contribution in [1.29, 1.82) is 0 Å². The molecule has 0 fully saturated rings. The lowest BCUT2D eigenvalue weighted by atomic mass is 10.1. The van der Waals surface area contributed by atoms with Crippen LogP contribution in [0.1, 0.15) is 30.5 Å². The zero-order chi connectivity index (χ0) is 27.6. The normalized spacial score (nSPS) is 11.7. The third-order valence-corrected chi connectivity index (χ3v) is 8.24. The Hall–Kier alpha value is -4.64. The summed E-state index contributed by atoms with van der Waals surface area (Å²) in [5.41, 5.74) is 7.37. The summed E-state index contributed by atoms with van der Waals surface area (Å²) in [6.45, 7) is 4.69. The monoisotopic (exact) mass is 538 g/mol. The molecule has 41 heavy (non-hydrogen) atoms. The molecule has 0 aliphatic carbocycles. The van der Waals surface area contributed by atoms with E-state index in [1.165, 1.54) is 49.2 Å². The minimum Gasteiger partial charge on any atom is -0.494 e. The zero-order valence-corrected chi connectivity index (χ0v) is 23.5. The summed E-state index contributed by atoms with van der Waals surface area (Å²) in [4.78, 5) is 9.01. The number of hydrogen-bond donors (Lipinski definition) is 0. The van der Waals surface area contributed by atoms with Crippen LogP contribution in [0, 0.1) is 6.92 Å². The highest BCUT2D eigenvalue weighted by Crippen LogP contribution is 2.33. The summed E-state index contributed by atoms with van der Waals surface area (Å²) in [7, 11) is 0. The van der Waals surface area contributed by atoms with Gasteiger partial charge in [0.2, 0.25) is 0 Å². The van der Waals surface area contributed by atoms with Crippen LogP contribution in [-0.2, 0) is 19.5 Å². The smallest absolute Gasteiger partial charge is 0.121 e. The lowest BCUT2D eigenvalue weighted by Crippen LogP contribution is -2.03. The van der Waals surface area contributed by atoms with E-state index in [2.05, 4.69) is 111 Å². The number of pyridine rings is 2. The summed E-state index contributed by atoms with van der Waals surface area (Å²) in [5, 5.41) is 5.08. The number of para-hydroxylation sites is 1. The van der Waals surface area contributed by atoms with Crippen molar-refractivity contribution < 1.29 is 4.74 Å². The minimum absolute atomic E-state index is 0.690. The van der Waals surface area contributed by atoms with Gasteiger partial charge in [0.15, 0.2) is 0 Å². The Labute approximate surface area is 240 Å². The van der Waals surface area contributed by atoms with Gasteiger partial charge in [-0.2, -0.15) is 0 Å². The first-order valence-corrected chi connectivity index (χ1v) is 14.6. The molecule has 0 N–H and O–H groups in total. The largest absolute Gasteiger partial charge is 0.494 e. The second-order valence-electron chi connectivity index (χ2n) is 10.8. The van der Waals surface area contributed by atoms with Crippen molar-refractivity contribution in [2.45, 2.75) is 45.7 Å². The number of aryl methyl sites for hydroxylation is 4. The topological polar surface area (TPSA) is 44.9 Å². The van der Waals surface area contributed by atoms with Crippen LogP contribution in [0.25, 0.3) is 43.6 Å². The van der Waals surface area contributed by atoms with E-state index in [9.17, 15) is 0 Å². The molecule has 0 unspecified atom stereocenters. The van der Waals surface area contributed by atoms with Gasteiger partial charge in [-0.05, 0) is 68.5 Å². The fourth-order valence-electron chi connectivity index (χ4n) is 6.31. The van der Waals surface area contributed by atoms with E-state index in [-0.39, 0.29) is 0 Å². The Morgan fingerprint density at radius 1 is 0.659 bits per heavy atom. The number of hydrogen-bond acceptors (Lipinski definition) is 3. The van der Waals surface area contributed by atoms with Gasteiger partial charge in [-0.15, -0.1) is 0 Å². The molecule has 5 nitrogen and oxygen atoms in total. The second kappa shape index (κ2) is 11.1. The average molecular weight is 539 g/mol. The molecule has 0 saturated carbocycles. The van der Waals surface area contributed by atoms with Gasteiger partial charge in [0.05, 0.1) is 35.0 Å². The number of aromatic nitrogens is 4. The lowest BCUT2D eigenvalue weighted by molar-refractivity contribution is 0.304. The molecule has 7 rings (SSSR count). The predicted octanol–water partition coefficient (Wildman–Crippen LogP) is 8.49. The van der Waals surface area contributed by atoms with Crippen molar-refractivity contribution in [3.8, 4) is 5.75 Å². The van der Waals surface area contributed by atoms with Gasteiger partial charge in [0.25, 0.3) is 0 Å². The van der Waals surface area contributed by atoms with Gasteiger partial charge < -0.3 is 13.9 Å². The van der Waals surface area contributed by atoms with E-state index in [1.807, 2.05) is 18.6 Å².